The molecule has 2 aromatic carbocycles. The van der Waals surface area contributed by atoms with E-state index in [4.69, 9.17) is 0 Å². The highest BCUT2D eigenvalue weighted by atomic mass is 32.1. The summed E-state index contributed by atoms with van der Waals surface area (Å²) >= 11 is 1.53. The molecule has 0 unspecified atom stereocenters. The molecule has 21 heavy (non-hydrogen) atoms. The maximum atomic E-state index is 12.3. The van der Waals surface area contributed by atoms with Crippen molar-refractivity contribution in [3.8, 4) is 0 Å². The number of hydrogen-bond acceptors (Lipinski definition) is 3. The Bertz CT molecular complexity index is 747. The van der Waals surface area contributed by atoms with Gasteiger partial charge in [0, 0.05) is 12.1 Å². The highest BCUT2D eigenvalue weighted by molar-refractivity contribution is 7.07. The molecule has 2 N–H and O–H groups in total. The lowest BCUT2D eigenvalue weighted by molar-refractivity contribution is 0.0918. The van der Waals surface area contributed by atoms with Gasteiger partial charge in [-0.15, -0.1) is 0 Å². The second-order valence-electron chi connectivity index (χ2n) is 4.81. The number of nitrogens with one attached hydrogen (secondary N) is 1. The summed E-state index contributed by atoms with van der Waals surface area (Å²) in [6.07, 6.45) is -0.671. The number of carbonyl (C=O) groups excluding carboxylic acids is 1. The molecule has 0 saturated heterocycles. The minimum absolute atomic E-state index is 0.166. The van der Waals surface area contributed by atoms with Crippen LogP contribution < -0.4 is 5.32 Å². The lowest BCUT2D eigenvalue weighted by Crippen LogP contribution is -2.28. The predicted molar refractivity (Wildman–Crippen MR) is 85.6 cm³/mol. The van der Waals surface area contributed by atoms with Crippen molar-refractivity contribution >= 4 is 28.0 Å². The van der Waals surface area contributed by atoms with Gasteiger partial charge >= 0.3 is 0 Å². The summed E-state index contributed by atoms with van der Waals surface area (Å²) in [6.45, 7) is 0.207. The van der Waals surface area contributed by atoms with E-state index in [1.165, 1.54) is 11.3 Å². The van der Waals surface area contributed by atoms with Gasteiger partial charge in [0.2, 0.25) is 0 Å². The largest absolute Gasteiger partial charge is 0.387 e. The quantitative estimate of drug-likeness (QED) is 0.775. The highest BCUT2D eigenvalue weighted by Crippen LogP contribution is 2.19. The third-order valence-corrected chi connectivity index (χ3v) is 4.12. The summed E-state index contributed by atoms with van der Waals surface area (Å²) in [7, 11) is 0. The molecule has 0 radical (unpaired) electrons. The summed E-state index contributed by atoms with van der Waals surface area (Å²) in [5, 5.41) is 18.5. The fraction of sp³-hybridized carbons (Fsp3) is 0.118. The van der Waals surface area contributed by atoms with Gasteiger partial charge in [-0.3, -0.25) is 4.79 Å². The van der Waals surface area contributed by atoms with E-state index in [2.05, 4.69) is 5.32 Å². The van der Waals surface area contributed by atoms with Crippen molar-refractivity contribution in [3.63, 3.8) is 0 Å². The molecule has 0 aliphatic carbocycles. The lowest BCUT2D eigenvalue weighted by atomic mass is 10.0. The van der Waals surface area contributed by atoms with E-state index in [-0.39, 0.29) is 12.5 Å². The zero-order valence-corrected chi connectivity index (χ0v) is 12.1. The average Bonchev–Trinajstić information content (AvgIpc) is 3.06. The molecule has 1 amide bonds. The zero-order chi connectivity index (χ0) is 14.7. The first-order valence-corrected chi connectivity index (χ1v) is 7.66. The number of carbonyl (C=O) groups is 1. The molecule has 1 atom stereocenters. The number of amides is 1. The van der Waals surface area contributed by atoms with Gasteiger partial charge in [-0.1, -0.05) is 36.4 Å². The molecule has 106 valence electrons. The Balaban J connectivity index is 1.75. The molecular weight excluding hydrogens is 282 g/mol. The summed E-state index contributed by atoms with van der Waals surface area (Å²) in [4.78, 5) is 12.3. The zero-order valence-electron chi connectivity index (χ0n) is 11.3. The van der Waals surface area contributed by atoms with Crippen molar-refractivity contribution in [2.45, 2.75) is 6.10 Å². The fourth-order valence-corrected chi connectivity index (χ4v) is 3.00. The van der Waals surface area contributed by atoms with Gasteiger partial charge in [-0.05, 0) is 39.2 Å². The van der Waals surface area contributed by atoms with Crippen LogP contribution in [0.5, 0.6) is 0 Å². The highest BCUT2D eigenvalue weighted by Gasteiger charge is 2.13. The number of rotatable bonds is 4. The summed E-state index contributed by atoms with van der Waals surface area (Å²) in [5.41, 5.74) is 1.46. The average molecular weight is 297 g/mol. The Kier molecular flexibility index (Phi) is 3.99. The molecule has 1 aromatic heterocycles. The van der Waals surface area contributed by atoms with Gasteiger partial charge in [0.15, 0.2) is 0 Å². The van der Waals surface area contributed by atoms with Crippen LogP contribution in [0.4, 0.5) is 0 Å². The van der Waals surface area contributed by atoms with Crippen LogP contribution in [0.1, 0.15) is 22.0 Å². The van der Waals surface area contributed by atoms with Crippen LogP contribution in [0.3, 0.4) is 0 Å². The third kappa shape index (κ3) is 2.96. The monoisotopic (exact) mass is 297 g/mol. The Hall–Kier alpha value is -2.17. The minimum atomic E-state index is -0.671. The first-order chi connectivity index (χ1) is 10.3. The molecule has 1 heterocycles. The van der Waals surface area contributed by atoms with E-state index < -0.39 is 6.10 Å². The molecule has 0 saturated carbocycles. The molecule has 0 bridgehead atoms. The summed E-state index contributed by atoms with van der Waals surface area (Å²) in [5.74, 6) is -0.166. The first-order valence-electron chi connectivity index (χ1n) is 6.72. The first kappa shape index (κ1) is 13.8. The SMILES string of the molecule is O=C(NC[C@H](O)c1ccsc1)c1cccc2ccccc12. The molecule has 4 heteroatoms. The van der Waals surface area contributed by atoms with Gasteiger partial charge in [-0.25, -0.2) is 0 Å². The molecule has 0 aliphatic rings. The molecule has 3 nitrogen and oxygen atoms in total. The fourth-order valence-electron chi connectivity index (χ4n) is 2.29. The van der Waals surface area contributed by atoms with Crippen molar-refractivity contribution in [3.05, 3.63) is 70.4 Å². The van der Waals surface area contributed by atoms with Crippen LogP contribution in [0.15, 0.2) is 59.3 Å². The maximum absolute atomic E-state index is 12.3. The molecular formula is C17H15NO2S. The molecule has 0 fully saturated rings. The second-order valence-corrected chi connectivity index (χ2v) is 5.59. The molecule has 3 rings (SSSR count). The number of thiophene rings is 1. The topological polar surface area (TPSA) is 49.3 Å². The van der Waals surface area contributed by atoms with Crippen LogP contribution in [-0.4, -0.2) is 17.6 Å². The maximum Gasteiger partial charge on any atom is 0.252 e. The minimum Gasteiger partial charge on any atom is -0.387 e. The van der Waals surface area contributed by atoms with E-state index in [0.29, 0.717) is 5.56 Å². The number of aliphatic hydroxyl groups excluding tert-OH is 1. The van der Waals surface area contributed by atoms with E-state index >= 15 is 0 Å². The van der Waals surface area contributed by atoms with Crippen LogP contribution in [-0.2, 0) is 0 Å². The third-order valence-electron chi connectivity index (χ3n) is 3.42. The van der Waals surface area contributed by atoms with Crippen molar-refractivity contribution < 1.29 is 9.90 Å². The molecule has 0 aliphatic heterocycles. The van der Waals surface area contributed by atoms with Gasteiger partial charge in [0.25, 0.3) is 5.91 Å². The van der Waals surface area contributed by atoms with E-state index in [1.807, 2.05) is 53.2 Å². The van der Waals surface area contributed by atoms with Crippen molar-refractivity contribution in [2.24, 2.45) is 0 Å². The standard InChI is InChI=1S/C17H15NO2S/c19-16(13-8-9-21-11-13)10-18-17(20)15-7-3-5-12-4-1-2-6-14(12)15/h1-9,11,16,19H,10H2,(H,18,20)/t16-/m0/s1. The number of fused-ring (bicyclic) bond motifs is 1. The number of aliphatic hydroxyl groups is 1. The molecule has 0 spiro atoms. The Morgan fingerprint density at radius 3 is 2.76 bits per heavy atom. The number of hydrogen-bond donors (Lipinski definition) is 2. The van der Waals surface area contributed by atoms with Crippen LogP contribution >= 0.6 is 11.3 Å². The van der Waals surface area contributed by atoms with Crippen molar-refractivity contribution in [1.29, 1.82) is 0 Å². The van der Waals surface area contributed by atoms with E-state index in [1.54, 1.807) is 6.07 Å². The Labute approximate surface area is 126 Å². The normalized spacial score (nSPS) is 12.2. The second kappa shape index (κ2) is 6.08. The Morgan fingerprint density at radius 1 is 1.14 bits per heavy atom. The van der Waals surface area contributed by atoms with Gasteiger partial charge in [0.05, 0.1) is 6.10 Å². The summed E-state index contributed by atoms with van der Waals surface area (Å²) < 4.78 is 0. The van der Waals surface area contributed by atoms with Crippen LogP contribution in [0.2, 0.25) is 0 Å². The van der Waals surface area contributed by atoms with E-state index in [9.17, 15) is 9.90 Å². The molecule has 3 aromatic rings. The van der Waals surface area contributed by atoms with Gasteiger partial charge < -0.3 is 10.4 Å². The van der Waals surface area contributed by atoms with Crippen LogP contribution in [0, 0.1) is 0 Å². The van der Waals surface area contributed by atoms with Crippen molar-refractivity contribution in [1.82, 2.24) is 5.32 Å². The smallest absolute Gasteiger partial charge is 0.252 e. The van der Waals surface area contributed by atoms with Gasteiger partial charge in [-0.2, -0.15) is 11.3 Å². The van der Waals surface area contributed by atoms with Crippen molar-refractivity contribution in [2.75, 3.05) is 6.54 Å². The predicted octanol–water partition coefficient (Wildman–Crippen LogP) is 3.36. The summed E-state index contributed by atoms with van der Waals surface area (Å²) in [6, 6.07) is 15.3. The number of benzene rings is 2. The van der Waals surface area contributed by atoms with Crippen LogP contribution in [0.25, 0.3) is 10.8 Å². The van der Waals surface area contributed by atoms with E-state index in [0.717, 1.165) is 16.3 Å². The Morgan fingerprint density at radius 2 is 1.95 bits per heavy atom. The van der Waals surface area contributed by atoms with Gasteiger partial charge in [0.1, 0.15) is 0 Å². The lowest BCUT2D eigenvalue weighted by Gasteiger charge is -2.11.